The maximum atomic E-state index is 13.9. The molecule has 1 aliphatic heterocycles. The number of fused-ring (bicyclic) bond motifs is 1. The minimum Gasteiger partial charge on any atom is -0.487 e. The van der Waals surface area contributed by atoms with E-state index < -0.39 is 12.0 Å². The number of hydrogen-bond donors (Lipinski definition) is 0. The number of aromatic nitrogens is 1. The first kappa shape index (κ1) is 27.0. The molecule has 0 bridgehead atoms. The largest absolute Gasteiger partial charge is 0.487 e. The SMILES string of the molecule is CCOC(=O)C1=C(C)N=c2s/c(=C\c3cc(Br)cc(I)c3OCc3ccccc3)c(=O)n2[C@H]1c1cccs1. The first-order valence-electron chi connectivity index (χ1n) is 11.8. The van der Waals surface area contributed by atoms with Crippen LogP contribution in [0.2, 0.25) is 0 Å². The van der Waals surface area contributed by atoms with Crippen LogP contribution in [-0.2, 0) is 16.1 Å². The van der Waals surface area contributed by atoms with Crippen molar-refractivity contribution in [3.05, 3.63) is 115 Å². The fourth-order valence-corrected chi connectivity index (χ4v) is 7.79. The number of allylic oxidation sites excluding steroid dienone is 1. The Labute approximate surface area is 249 Å². The number of hydrogen-bond acceptors (Lipinski definition) is 7. The van der Waals surface area contributed by atoms with Gasteiger partial charge in [-0.25, -0.2) is 9.79 Å². The summed E-state index contributed by atoms with van der Waals surface area (Å²) in [6, 6.07) is 17.1. The molecule has 6 nitrogen and oxygen atoms in total. The molecule has 0 spiro atoms. The molecule has 2 aromatic carbocycles. The smallest absolute Gasteiger partial charge is 0.338 e. The van der Waals surface area contributed by atoms with Crippen LogP contribution in [0.3, 0.4) is 0 Å². The van der Waals surface area contributed by atoms with E-state index in [4.69, 9.17) is 9.47 Å². The van der Waals surface area contributed by atoms with Crippen LogP contribution in [0.15, 0.2) is 85.5 Å². The molecular formula is C28H22BrIN2O4S2. The van der Waals surface area contributed by atoms with E-state index in [1.165, 1.54) is 22.7 Å². The average Bonchev–Trinajstić information content (AvgIpc) is 3.52. The minimum absolute atomic E-state index is 0.217. The number of ether oxygens (including phenoxy) is 2. The molecule has 3 heterocycles. The van der Waals surface area contributed by atoms with Crippen molar-refractivity contribution in [2.45, 2.75) is 26.5 Å². The molecule has 0 unspecified atom stereocenters. The summed E-state index contributed by atoms with van der Waals surface area (Å²) < 4.78 is 15.5. The van der Waals surface area contributed by atoms with Gasteiger partial charge in [-0.1, -0.05) is 63.7 Å². The average molecular weight is 721 g/mol. The molecule has 2 aromatic heterocycles. The van der Waals surface area contributed by atoms with Gasteiger partial charge < -0.3 is 9.47 Å². The van der Waals surface area contributed by atoms with Crippen LogP contribution in [0.1, 0.15) is 35.9 Å². The molecule has 0 aliphatic carbocycles. The summed E-state index contributed by atoms with van der Waals surface area (Å²) in [5.74, 6) is 0.237. The van der Waals surface area contributed by atoms with E-state index in [0.29, 0.717) is 33.0 Å². The fourth-order valence-electron chi connectivity index (χ4n) is 4.22. The molecule has 1 aliphatic rings. The zero-order valence-electron chi connectivity index (χ0n) is 20.4. The van der Waals surface area contributed by atoms with E-state index in [1.54, 1.807) is 18.4 Å². The van der Waals surface area contributed by atoms with E-state index in [2.05, 4.69) is 43.5 Å². The van der Waals surface area contributed by atoms with E-state index in [0.717, 1.165) is 24.0 Å². The number of esters is 1. The van der Waals surface area contributed by atoms with Gasteiger partial charge in [0, 0.05) is 14.9 Å². The molecule has 10 heteroatoms. The third-order valence-electron chi connectivity index (χ3n) is 5.88. The predicted molar refractivity (Wildman–Crippen MR) is 162 cm³/mol. The van der Waals surface area contributed by atoms with Crippen LogP contribution in [0.5, 0.6) is 5.75 Å². The van der Waals surface area contributed by atoms with Crippen molar-refractivity contribution in [3.63, 3.8) is 0 Å². The minimum atomic E-state index is -0.594. The standard InChI is InChI=1S/C28H22BrIN2O4S2/c1-3-35-27(34)23-16(2)31-28-32(24(23)21-10-7-11-37-21)26(33)22(38-28)13-18-12-19(29)14-20(30)25(18)36-15-17-8-5-4-6-9-17/h4-14,24H,3,15H2,1-2H3/b22-13-/t24-/m0/s1. The fraction of sp³-hybridized carbons (Fsp3) is 0.179. The Morgan fingerprint density at radius 3 is 2.71 bits per heavy atom. The first-order chi connectivity index (χ1) is 18.4. The first-order valence-corrected chi connectivity index (χ1v) is 15.3. The molecule has 0 saturated carbocycles. The van der Waals surface area contributed by atoms with Gasteiger partial charge in [-0.15, -0.1) is 11.3 Å². The van der Waals surface area contributed by atoms with Gasteiger partial charge in [0.15, 0.2) is 4.80 Å². The number of thiophene rings is 1. The maximum Gasteiger partial charge on any atom is 0.338 e. The molecule has 4 aromatic rings. The van der Waals surface area contributed by atoms with E-state index in [1.807, 2.05) is 66.1 Å². The lowest BCUT2D eigenvalue weighted by Gasteiger charge is -2.23. The summed E-state index contributed by atoms with van der Waals surface area (Å²) in [5, 5.41) is 1.93. The van der Waals surface area contributed by atoms with Crippen LogP contribution in [-0.4, -0.2) is 17.1 Å². The van der Waals surface area contributed by atoms with Gasteiger partial charge in [0.05, 0.1) is 26.0 Å². The number of carbonyl (C=O) groups is 1. The van der Waals surface area contributed by atoms with Crippen LogP contribution < -0.4 is 19.6 Å². The molecule has 0 fully saturated rings. The van der Waals surface area contributed by atoms with Gasteiger partial charge in [-0.2, -0.15) is 0 Å². The highest BCUT2D eigenvalue weighted by Crippen LogP contribution is 2.34. The lowest BCUT2D eigenvalue weighted by atomic mass is 10.0. The van der Waals surface area contributed by atoms with E-state index >= 15 is 0 Å². The summed E-state index contributed by atoms with van der Waals surface area (Å²) in [6.45, 7) is 4.20. The topological polar surface area (TPSA) is 69.9 Å². The summed E-state index contributed by atoms with van der Waals surface area (Å²) in [7, 11) is 0. The number of thiazole rings is 1. The van der Waals surface area contributed by atoms with Crippen molar-refractivity contribution >= 4 is 73.2 Å². The van der Waals surface area contributed by atoms with Crippen LogP contribution >= 0.6 is 61.2 Å². The van der Waals surface area contributed by atoms with Crippen molar-refractivity contribution < 1.29 is 14.3 Å². The molecule has 194 valence electrons. The van der Waals surface area contributed by atoms with Crippen molar-refractivity contribution in [3.8, 4) is 5.75 Å². The van der Waals surface area contributed by atoms with Crippen LogP contribution in [0, 0.1) is 3.57 Å². The third kappa shape index (κ3) is 5.45. The maximum absolute atomic E-state index is 13.9. The van der Waals surface area contributed by atoms with E-state index in [9.17, 15) is 9.59 Å². The van der Waals surface area contributed by atoms with E-state index in [-0.39, 0.29) is 12.2 Å². The Kier molecular flexibility index (Phi) is 8.32. The second kappa shape index (κ2) is 11.7. The van der Waals surface area contributed by atoms with Gasteiger partial charge in [0.25, 0.3) is 5.56 Å². The highest BCUT2D eigenvalue weighted by Gasteiger charge is 2.33. The molecule has 0 saturated heterocycles. The number of halogens is 2. The Hall–Kier alpha value is -2.54. The Balaban J connectivity index is 1.64. The Morgan fingerprint density at radius 1 is 1.21 bits per heavy atom. The Bertz CT molecular complexity index is 1710. The molecule has 0 radical (unpaired) electrons. The normalized spacial score (nSPS) is 15.3. The predicted octanol–water partition coefficient (Wildman–Crippen LogP) is 5.81. The molecule has 38 heavy (non-hydrogen) atoms. The second-order valence-electron chi connectivity index (χ2n) is 8.40. The third-order valence-corrected chi connectivity index (χ3v) is 9.05. The lowest BCUT2D eigenvalue weighted by molar-refractivity contribution is -0.139. The number of nitrogens with zero attached hydrogens (tertiary/aromatic N) is 2. The van der Waals surface area contributed by atoms with Gasteiger partial charge in [0.1, 0.15) is 18.4 Å². The van der Waals surface area contributed by atoms with Crippen LogP contribution in [0.4, 0.5) is 0 Å². The Morgan fingerprint density at radius 2 is 2.00 bits per heavy atom. The monoisotopic (exact) mass is 720 g/mol. The zero-order valence-corrected chi connectivity index (χ0v) is 25.8. The molecular weight excluding hydrogens is 699 g/mol. The highest BCUT2D eigenvalue weighted by molar-refractivity contribution is 14.1. The molecule has 0 amide bonds. The van der Waals surface area contributed by atoms with Gasteiger partial charge in [-0.3, -0.25) is 9.36 Å². The summed E-state index contributed by atoms with van der Waals surface area (Å²) in [6.07, 6.45) is 1.84. The van der Waals surface area contributed by atoms with Crippen molar-refractivity contribution in [1.82, 2.24) is 4.57 Å². The molecule has 1 atom stereocenters. The number of carbonyl (C=O) groups excluding carboxylic acids is 1. The van der Waals surface area contributed by atoms with Crippen LogP contribution in [0.25, 0.3) is 6.08 Å². The van der Waals surface area contributed by atoms with Gasteiger partial charge >= 0.3 is 5.97 Å². The lowest BCUT2D eigenvalue weighted by Crippen LogP contribution is -2.39. The molecule has 5 rings (SSSR count). The highest BCUT2D eigenvalue weighted by atomic mass is 127. The van der Waals surface area contributed by atoms with Gasteiger partial charge in [-0.05, 0) is 71.7 Å². The zero-order chi connectivity index (χ0) is 26.8. The summed E-state index contributed by atoms with van der Waals surface area (Å²) in [5.41, 5.74) is 2.55. The number of benzene rings is 2. The molecule has 0 N–H and O–H groups in total. The van der Waals surface area contributed by atoms with Gasteiger partial charge in [0.2, 0.25) is 0 Å². The van der Waals surface area contributed by atoms with Crippen molar-refractivity contribution in [2.24, 2.45) is 4.99 Å². The van der Waals surface area contributed by atoms with Crippen molar-refractivity contribution in [2.75, 3.05) is 6.61 Å². The second-order valence-corrected chi connectivity index (χ2v) is 12.5. The number of rotatable bonds is 7. The van der Waals surface area contributed by atoms with Crippen molar-refractivity contribution in [1.29, 1.82) is 0 Å². The summed E-state index contributed by atoms with van der Waals surface area (Å²) >= 11 is 8.61. The summed E-state index contributed by atoms with van der Waals surface area (Å²) in [4.78, 5) is 32.9. The quantitative estimate of drug-likeness (QED) is 0.179.